The van der Waals surface area contributed by atoms with Crippen LogP contribution in [0.25, 0.3) is 22.1 Å². The van der Waals surface area contributed by atoms with E-state index in [9.17, 15) is 20.1 Å². The molecule has 0 fully saturated rings. The Morgan fingerprint density at radius 1 is 1.14 bits per heavy atom. The molecule has 0 amide bonds. The molecule has 1 aliphatic heterocycles. The average molecular weight is 384 g/mol. The van der Waals surface area contributed by atoms with Crippen LogP contribution in [0.2, 0.25) is 0 Å². The Kier molecular flexibility index (Phi) is 4.10. The van der Waals surface area contributed by atoms with Crippen LogP contribution < -0.4 is 10.2 Å². The Morgan fingerprint density at radius 3 is 2.43 bits per heavy atom. The van der Waals surface area contributed by atoms with Gasteiger partial charge in [-0.2, -0.15) is 0 Å². The summed E-state index contributed by atoms with van der Waals surface area (Å²) in [5, 5.41) is 30.8. The van der Waals surface area contributed by atoms with Crippen LogP contribution in [0.1, 0.15) is 25.5 Å². The van der Waals surface area contributed by atoms with Gasteiger partial charge in [0.2, 0.25) is 5.43 Å². The lowest BCUT2D eigenvalue weighted by molar-refractivity contribution is -0.0884. The van der Waals surface area contributed by atoms with Gasteiger partial charge in [-0.25, -0.2) is 0 Å². The molecule has 0 bridgehead atoms. The minimum Gasteiger partial charge on any atom is -0.508 e. The molecule has 2 heterocycles. The largest absolute Gasteiger partial charge is 0.508 e. The number of rotatable bonds is 3. The fraction of sp³-hybridized carbons (Fsp3) is 0.286. The van der Waals surface area contributed by atoms with Gasteiger partial charge in [0.25, 0.3) is 0 Å². The molecule has 0 aliphatic carbocycles. The van der Waals surface area contributed by atoms with Crippen molar-refractivity contribution in [2.75, 3.05) is 7.11 Å². The zero-order valence-electron chi connectivity index (χ0n) is 15.6. The summed E-state index contributed by atoms with van der Waals surface area (Å²) in [4.78, 5) is 13.1. The quantitative estimate of drug-likeness (QED) is 0.636. The number of phenolic OH excluding ortho intramolecular Hbond substituents is 2. The first kappa shape index (κ1) is 18.3. The number of phenols is 2. The number of ether oxygens (including phenoxy) is 2. The second-order valence-corrected chi connectivity index (χ2v) is 7.38. The van der Waals surface area contributed by atoms with Crippen LogP contribution in [0, 0.1) is 0 Å². The van der Waals surface area contributed by atoms with E-state index in [-0.39, 0.29) is 28.0 Å². The number of aliphatic hydroxyl groups is 1. The lowest BCUT2D eigenvalue weighted by Crippen LogP contribution is -2.42. The number of aromatic hydroxyl groups is 2. The number of methoxy groups -OCH3 is 1. The number of hydrogen-bond donors (Lipinski definition) is 3. The van der Waals surface area contributed by atoms with Crippen molar-refractivity contribution in [3.05, 3.63) is 52.4 Å². The highest BCUT2D eigenvalue weighted by Gasteiger charge is 2.46. The zero-order valence-corrected chi connectivity index (χ0v) is 15.6. The van der Waals surface area contributed by atoms with Crippen molar-refractivity contribution in [1.29, 1.82) is 0 Å². The summed E-state index contributed by atoms with van der Waals surface area (Å²) >= 11 is 0. The highest BCUT2D eigenvalue weighted by atomic mass is 16.6. The summed E-state index contributed by atoms with van der Waals surface area (Å²) in [5.74, 6) is 0.0809. The molecule has 0 saturated carbocycles. The Bertz CT molecular complexity index is 1110. The van der Waals surface area contributed by atoms with E-state index >= 15 is 0 Å². The van der Waals surface area contributed by atoms with Gasteiger partial charge in [-0.15, -0.1) is 0 Å². The van der Waals surface area contributed by atoms with E-state index < -0.39 is 23.2 Å². The smallest absolute Gasteiger partial charge is 0.204 e. The van der Waals surface area contributed by atoms with Gasteiger partial charge in [0.1, 0.15) is 40.6 Å². The summed E-state index contributed by atoms with van der Waals surface area (Å²) < 4.78 is 16.9. The SMILES string of the molecule is CO[C@@H]1c2c(cc3occ(-c4ccc(O)cc4)c(=O)c3c2O)O[C@H]1C(C)(C)O. The van der Waals surface area contributed by atoms with Gasteiger partial charge < -0.3 is 29.2 Å². The van der Waals surface area contributed by atoms with Crippen LogP contribution >= 0.6 is 0 Å². The van der Waals surface area contributed by atoms with E-state index in [2.05, 4.69) is 0 Å². The van der Waals surface area contributed by atoms with E-state index in [1.165, 1.54) is 31.6 Å². The average Bonchev–Trinajstić information content (AvgIpc) is 3.02. The lowest BCUT2D eigenvalue weighted by Gasteiger charge is -2.28. The van der Waals surface area contributed by atoms with E-state index in [1.54, 1.807) is 26.0 Å². The van der Waals surface area contributed by atoms with Crippen molar-refractivity contribution >= 4 is 11.0 Å². The number of hydrogen-bond acceptors (Lipinski definition) is 7. The molecule has 7 heteroatoms. The molecular weight excluding hydrogens is 364 g/mol. The second kappa shape index (κ2) is 6.25. The Hall–Kier alpha value is -3.03. The molecule has 0 radical (unpaired) electrons. The van der Waals surface area contributed by atoms with E-state index in [4.69, 9.17) is 13.9 Å². The molecule has 0 saturated heterocycles. The van der Waals surface area contributed by atoms with E-state index in [1.807, 2.05) is 0 Å². The van der Waals surface area contributed by atoms with Gasteiger partial charge in [0, 0.05) is 13.2 Å². The topological polar surface area (TPSA) is 109 Å². The van der Waals surface area contributed by atoms with Crippen LogP contribution in [0.15, 0.2) is 45.8 Å². The van der Waals surface area contributed by atoms with Crippen LogP contribution in [0.4, 0.5) is 0 Å². The van der Waals surface area contributed by atoms with Gasteiger partial charge in [-0.1, -0.05) is 12.1 Å². The molecule has 0 unspecified atom stereocenters. The molecule has 7 nitrogen and oxygen atoms in total. The molecule has 4 rings (SSSR count). The Labute approximate surface area is 160 Å². The third-order valence-corrected chi connectivity index (χ3v) is 4.98. The third-order valence-electron chi connectivity index (χ3n) is 4.98. The maximum Gasteiger partial charge on any atom is 0.204 e. The van der Waals surface area contributed by atoms with Gasteiger partial charge >= 0.3 is 0 Å². The summed E-state index contributed by atoms with van der Waals surface area (Å²) in [7, 11) is 1.45. The first-order valence-corrected chi connectivity index (χ1v) is 8.75. The van der Waals surface area contributed by atoms with E-state index in [0.29, 0.717) is 16.9 Å². The molecule has 3 N–H and O–H groups in total. The molecule has 2 atom stereocenters. The first-order chi connectivity index (χ1) is 13.2. The van der Waals surface area contributed by atoms with E-state index in [0.717, 1.165) is 0 Å². The van der Waals surface area contributed by atoms with Crippen LogP contribution in [-0.4, -0.2) is 34.1 Å². The predicted molar refractivity (Wildman–Crippen MR) is 102 cm³/mol. The minimum absolute atomic E-state index is 0.00590. The van der Waals surface area contributed by atoms with Crippen LogP contribution in [0.3, 0.4) is 0 Å². The number of benzene rings is 2. The maximum atomic E-state index is 13.1. The highest BCUT2D eigenvalue weighted by molar-refractivity contribution is 5.90. The Morgan fingerprint density at radius 2 is 1.82 bits per heavy atom. The minimum atomic E-state index is -1.24. The zero-order chi connectivity index (χ0) is 20.2. The summed E-state index contributed by atoms with van der Waals surface area (Å²) in [6, 6.07) is 7.62. The van der Waals surface area contributed by atoms with Gasteiger partial charge in [-0.3, -0.25) is 4.79 Å². The van der Waals surface area contributed by atoms with Crippen molar-refractivity contribution in [1.82, 2.24) is 0 Å². The van der Waals surface area contributed by atoms with Crippen LogP contribution in [-0.2, 0) is 4.74 Å². The van der Waals surface area contributed by atoms with Crippen molar-refractivity contribution in [2.24, 2.45) is 0 Å². The maximum absolute atomic E-state index is 13.1. The van der Waals surface area contributed by atoms with Crippen molar-refractivity contribution < 1.29 is 29.2 Å². The number of fused-ring (bicyclic) bond motifs is 2. The summed E-state index contributed by atoms with van der Waals surface area (Å²) in [5.41, 5.74) is -0.412. The fourth-order valence-corrected chi connectivity index (χ4v) is 3.58. The standard InChI is InChI=1S/C21H20O7/c1-21(2,25)20-19(26-3)16-14(28-20)8-13-15(18(16)24)17(23)12(9-27-13)10-4-6-11(22)7-5-10/h4-9,19-20,22,24-25H,1-3H3/t19-,20-/m1/s1. The molecular formula is C21H20O7. The van der Waals surface area contributed by atoms with Crippen LogP contribution in [0.5, 0.6) is 17.2 Å². The molecule has 146 valence electrons. The monoisotopic (exact) mass is 384 g/mol. The summed E-state index contributed by atoms with van der Waals surface area (Å²) in [6.45, 7) is 3.16. The molecule has 1 aromatic heterocycles. The lowest BCUT2D eigenvalue weighted by atomic mass is 9.93. The fourth-order valence-electron chi connectivity index (χ4n) is 3.58. The predicted octanol–water partition coefficient (Wildman–Crippen LogP) is 3.09. The highest BCUT2D eigenvalue weighted by Crippen LogP contribution is 2.49. The molecule has 0 spiro atoms. The normalized spacial score (nSPS) is 18.9. The van der Waals surface area contributed by atoms with Crippen molar-refractivity contribution in [3.63, 3.8) is 0 Å². The molecule has 3 aromatic rings. The van der Waals surface area contributed by atoms with Gasteiger partial charge in [0.05, 0.1) is 16.7 Å². The molecule has 28 heavy (non-hydrogen) atoms. The van der Waals surface area contributed by atoms with Gasteiger partial charge in [0.15, 0.2) is 6.10 Å². The molecule has 2 aromatic carbocycles. The van der Waals surface area contributed by atoms with Crippen molar-refractivity contribution in [2.45, 2.75) is 31.7 Å². The third kappa shape index (κ3) is 2.71. The summed E-state index contributed by atoms with van der Waals surface area (Å²) in [6.07, 6.45) is -0.211. The second-order valence-electron chi connectivity index (χ2n) is 7.38. The Balaban J connectivity index is 1.94. The first-order valence-electron chi connectivity index (χ1n) is 8.75. The van der Waals surface area contributed by atoms with Gasteiger partial charge in [-0.05, 0) is 31.5 Å². The molecule has 1 aliphatic rings. The van der Waals surface area contributed by atoms with Crippen molar-refractivity contribution in [3.8, 4) is 28.4 Å².